The molecule has 0 bridgehead atoms. The Morgan fingerprint density at radius 3 is 2.23 bits per heavy atom. The number of Topliss-reactive ketones (excluding diaryl/α,β-unsaturated/α-hetero) is 1. The molecule has 2 aliphatic carbocycles. The van der Waals surface area contributed by atoms with E-state index in [9.17, 15) is 9.59 Å². The van der Waals surface area contributed by atoms with Crippen LogP contribution in [0.25, 0.3) is 0 Å². The molecule has 1 saturated carbocycles. The van der Waals surface area contributed by atoms with Gasteiger partial charge in [0.2, 0.25) is 0 Å². The van der Waals surface area contributed by atoms with Crippen LogP contribution in [0, 0.1) is 6.92 Å². The fraction of sp³-hybridized carbons (Fsp3) is 0.400. The van der Waals surface area contributed by atoms with E-state index in [0.717, 1.165) is 65.9 Å². The number of nitrogens with one attached hydrogen (secondary N) is 1. The first-order valence-electron chi connectivity index (χ1n) is 12.6. The molecule has 5 rings (SSSR count). The molecule has 5 heteroatoms. The number of ketones is 1. The topological polar surface area (TPSA) is 64.6 Å². The molecule has 0 amide bonds. The van der Waals surface area contributed by atoms with E-state index in [0.29, 0.717) is 17.6 Å². The molecule has 1 fully saturated rings. The van der Waals surface area contributed by atoms with E-state index in [1.165, 1.54) is 0 Å². The molecule has 182 valence electrons. The van der Waals surface area contributed by atoms with Crippen LogP contribution in [0.4, 0.5) is 0 Å². The summed E-state index contributed by atoms with van der Waals surface area (Å²) in [4.78, 5) is 27.2. The molecular formula is C30H33NO4. The second-order valence-corrected chi connectivity index (χ2v) is 10.0. The fourth-order valence-corrected chi connectivity index (χ4v) is 5.73. The number of esters is 1. The Bertz CT molecular complexity index is 1180. The lowest BCUT2D eigenvalue weighted by molar-refractivity contribution is -0.144. The lowest BCUT2D eigenvalue weighted by Crippen LogP contribution is -2.36. The molecule has 0 radical (unpaired) electrons. The van der Waals surface area contributed by atoms with E-state index in [1.54, 1.807) is 7.11 Å². The highest BCUT2D eigenvalue weighted by molar-refractivity contribution is 6.04. The molecule has 2 aromatic carbocycles. The van der Waals surface area contributed by atoms with Gasteiger partial charge in [-0.05, 0) is 75.1 Å². The molecule has 0 spiro atoms. The number of hydrogen-bond acceptors (Lipinski definition) is 5. The monoisotopic (exact) mass is 471 g/mol. The molecule has 1 N–H and O–H groups in total. The maximum atomic E-state index is 13.7. The zero-order valence-electron chi connectivity index (χ0n) is 20.7. The van der Waals surface area contributed by atoms with Crippen LogP contribution in [-0.4, -0.2) is 25.0 Å². The van der Waals surface area contributed by atoms with Crippen molar-refractivity contribution in [2.75, 3.05) is 7.11 Å². The van der Waals surface area contributed by atoms with Gasteiger partial charge in [0, 0.05) is 29.3 Å². The number of carbonyl (C=O) groups is 2. The van der Waals surface area contributed by atoms with Gasteiger partial charge in [-0.25, -0.2) is 4.79 Å². The molecule has 0 unspecified atom stereocenters. The first-order valence-corrected chi connectivity index (χ1v) is 12.6. The van der Waals surface area contributed by atoms with Gasteiger partial charge in [0.15, 0.2) is 5.78 Å². The van der Waals surface area contributed by atoms with Crippen LogP contribution in [0.15, 0.2) is 71.1 Å². The SMILES string of the molecule is COc1ccc([C@H]2CC(=O)C3=C(C2)NC(C)=C(C(=O)OC2CCCC2)[C@H]3c2ccc(C)cc2)cc1. The van der Waals surface area contributed by atoms with Gasteiger partial charge in [0.05, 0.1) is 12.7 Å². The number of methoxy groups -OCH3 is 1. The smallest absolute Gasteiger partial charge is 0.337 e. The summed E-state index contributed by atoms with van der Waals surface area (Å²) in [6, 6.07) is 16.1. The summed E-state index contributed by atoms with van der Waals surface area (Å²) in [5.41, 5.74) is 6.19. The molecule has 0 saturated heterocycles. The number of benzene rings is 2. The van der Waals surface area contributed by atoms with Crippen molar-refractivity contribution in [3.63, 3.8) is 0 Å². The summed E-state index contributed by atoms with van der Waals surface area (Å²) >= 11 is 0. The predicted molar refractivity (Wildman–Crippen MR) is 135 cm³/mol. The summed E-state index contributed by atoms with van der Waals surface area (Å²) in [6.07, 6.45) is 5.12. The third kappa shape index (κ3) is 4.64. The Morgan fingerprint density at radius 1 is 0.914 bits per heavy atom. The third-order valence-electron chi connectivity index (χ3n) is 7.62. The highest BCUT2D eigenvalue weighted by Gasteiger charge is 2.42. The number of ether oxygens (including phenoxy) is 2. The van der Waals surface area contributed by atoms with Gasteiger partial charge in [0.1, 0.15) is 11.9 Å². The van der Waals surface area contributed by atoms with Crippen LogP contribution >= 0.6 is 0 Å². The van der Waals surface area contributed by atoms with Crippen molar-refractivity contribution in [2.45, 2.75) is 70.3 Å². The Balaban J connectivity index is 1.51. The Morgan fingerprint density at radius 2 is 1.57 bits per heavy atom. The van der Waals surface area contributed by atoms with Crippen LogP contribution in [0.2, 0.25) is 0 Å². The zero-order valence-corrected chi connectivity index (χ0v) is 20.7. The van der Waals surface area contributed by atoms with Gasteiger partial charge in [-0.2, -0.15) is 0 Å². The second-order valence-electron chi connectivity index (χ2n) is 10.0. The highest BCUT2D eigenvalue weighted by atomic mass is 16.5. The number of hydrogen-bond donors (Lipinski definition) is 1. The van der Waals surface area contributed by atoms with Gasteiger partial charge in [-0.3, -0.25) is 4.79 Å². The quantitative estimate of drug-likeness (QED) is 0.554. The van der Waals surface area contributed by atoms with E-state index in [-0.39, 0.29) is 23.8 Å². The number of rotatable bonds is 5. The highest BCUT2D eigenvalue weighted by Crippen LogP contribution is 2.46. The van der Waals surface area contributed by atoms with E-state index in [4.69, 9.17) is 9.47 Å². The predicted octanol–water partition coefficient (Wildman–Crippen LogP) is 5.85. The van der Waals surface area contributed by atoms with E-state index < -0.39 is 5.92 Å². The Labute approximate surface area is 207 Å². The van der Waals surface area contributed by atoms with Gasteiger partial charge in [0.25, 0.3) is 0 Å². The van der Waals surface area contributed by atoms with Crippen LogP contribution in [-0.2, 0) is 14.3 Å². The third-order valence-corrected chi connectivity index (χ3v) is 7.62. The first kappa shape index (κ1) is 23.4. The summed E-state index contributed by atoms with van der Waals surface area (Å²) in [5, 5.41) is 3.45. The number of aryl methyl sites for hydroxylation is 1. The minimum Gasteiger partial charge on any atom is -0.497 e. The van der Waals surface area contributed by atoms with Gasteiger partial charge >= 0.3 is 5.97 Å². The van der Waals surface area contributed by atoms with E-state index in [2.05, 4.69) is 5.32 Å². The largest absolute Gasteiger partial charge is 0.497 e. The average Bonchev–Trinajstić information content (AvgIpc) is 3.36. The van der Waals surface area contributed by atoms with Gasteiger partial charge in [-0.15, -0.1) is 0 Å². The lowest BCUT2D eigenvalue weighted by atomic mass is 9.71. The minimum absolute atomic E-state index is 0.0293. The molecule has 2 aromatic rings. The second kappa shape index (κ2) is 9.73. The summed E-state index contributed by atoms with van der Waals surface area (Å²) < 4.78 is 11.2. The van der Waals surface area contributed by atoms with E-state index in [1.807, 2.05) is 62.4 Å². The number of carbonyl (C=O) groups excluding carboxylic acids is 2. The van der Waals surface area contributed by atoms with Crippen molar-refractivity contribution in [1.29, 1.82) is 0 Å². The maximum Gasteiger partial charge on any atom is 0.337 e. The van der Waals surface area contributed by atoms with Crippen molar-refractivity contribution in [3.8, 4) is 5.75 Å². The summed E-state index contributed by atoms with van der Waals surface area (Å²) in [7, 11) is 1.65. The van der Waals surface area contributed by atoms with Crippen LogP contribution in [0.3, 0.4) is 0 Å². The van der Waals surface area contributed by atoms with Crippen molar-refractivity contribution in [2.24, 2.45) is 0 Å². The number of dihydropyridines is 1. The standard InChI is InChI=1S/C30H33NO4/c1-18-8-10-21(11-9-18)28-27(30(33)35-24-6-4-5-7-24)19(2)31-25-16-22(17-26(32)29(25)28)20-12-14-23(34-3)15-13-20/h8-15,22,24,28,31H,4-7,16-17H2,1-3H3/t22-,28-/m1/s1. The van der Waals surface area contributed by atoms with Crippen LogP contribution < -0.4 is 10.1 Å². The zero-order chi connectivity index (χ0) is 24.5. The number of allylic oxidation sites excluding steroid dienone is 3. The summed E-state index contributed by atoms with van der Waals surface area (Å²) in [6.45, 7) is 3.97. The Hall–Kier alpha value is -3.34. The molecule has 5 nitrogen and oxygen atoms in total. The van der Waals surface area contributed by atoms with Crippen molar-refractivity contribution in [1.82, 2.24) is 5.32 Å². The summed E-state index contributed by atoms with van der Waals surface area (Å²) in [5.74, 6) is 0.256. The van der Waals surface area contributed by atoms with Gasteiger partial charge in [-0.1, -0.05) is 42.0 Å². The molecule has 1 aliphatic heterocycles. The molecule has 1 heterocycles. The van der Waals surface area contributed by atoms with E-state index >= 15 is 0 Å². The minimum atomic E-state index is -0.412. The lowest BCUT2D eigenvalue weighted by Gasteiger charge is -2.37. The van der Waals surface area contributed by atoms with Crippen LogP contribution in [0.1, 0.15) is 74.0 Å². The fourth-order valence-electron chi connectivity index (χ4n) is 5.73. The average molecular weight is 472 g/mol. The Kier molecular flexibility index (Phi) is 6.50. The molecule has 3 aliphatic rings. The van der Waals surface area contributed by atoms with Crippen molar-refractivity contribution < 1.29 is 19.1 Å². The normalized spacial score (nSPS) is 22.7. The van der Waals surface area contributed by atoms with Crippen LogP contribution in [0.5, 0.6) is 5.75 Å². The molecular weight excluding hydrogens is 438 g/mol. The van der Waals surface area contributed by atoms with Crippen molar-refractivity contribution >= 4 is 11.8 Å². The molecule has 35 heavy (non-hydrogen) atoms. The van der Waals surface area contributed by atoms with Crippen molar-refractivity contribution in [3.05, 3.63) is 87.8 Å². The maximum absolute atomic E-state index is 13.7. The van der Waals surface area contributed by atoms with Gasteiger partial charge < -0.3 is 14.8 Å². The molecule has 0 aromatic heterocycles. The molecule has 2 atom stereocenters. The first-order chi connectivity index (χ1) is 16.9.